The van der Waals surface area contributed by atoms with Crippen molar-refractivity contribution in [3.05, 3.63) is 0 Å². The van der Waals surface area contributed by atoms with Crippen LogP contribution in [-0.4, -0.2) is 34.7 Å². The lowest BCUT2D eigenvalue weighted by molar-refractivity contribution is -0.0719. The Kier molecular flexibility index (Phi) is 5.30. The molecular formula is C17H33NO. The lowest BCUT2D eigenvalue weighted by Gasteiger charge is -2.48. The van der Waals surface area contributed by atoms with Gasteiger partial charge in [0.1, 0.15) is 0 Å². The summed E-state index contributed by atoms with van der Waals surface area (Å²) in [5, 5.41) is 11.0. The standard InChI is InChI=1S/C17H33NO/c1-4-14-10-6-7-11-15(14)16(19)17(2,3)18-12-8-5-9-13-18/h14-16,19H,4-13H2,1-3H3. The van der Waals surface area contributed by atoms with Gasteiger partial charge in [0.05, 0.1) is 6.10 Å². The monoisotopic (exact) mass is 267 g/mol. The van der Waals surface area contributed by atoms with E-state index < -0.39 is 0 Å². The molecule has 0 amide bonds. The molecule has 112 valence electrons. The van der Waals surface area contributed by atoms with E-state index in [1.54, 1.807) is 0 Å². The average Bonchev–Trinajstić information content (AvgIpc) is 2.47. The van der Waals surface area contributed by atoms with Crippen molar-refractivity contribution in [3.63, 3.8) is 0 Å². The van der Waals surface area contributed by atoms with Crippen LogP contribution in [0.25, 0.3) is 0 Å². The molecular weight excluding hydrogens is 234 g/mol. The van der Waals surface area contributed by atoms with Gasteiger partial charge in [-0.3, -0.25) is 4.90 Å². The number of hydrogen-bond acceptors (Lipinski definition) is 2. The zero-order valence-electron chi connectivity index (χ0n) is 13.2. The number of rotatable bonds is 4. The van der Waals surface area contributed by atoms with Crippen molar-refractivity contribution in [2.24, 2.45) is 11.8 Å². The van der Waals surface area contributed by atoms with Crippen LogP contribution in [0.15, 0.2) is 0 Å². The first-order chi connectivity index (χ1) is 9.07. The van der Waals surface area contributed by atoms with Gasteiger partial charge in [-0.1, -0.05) is 39.0 Å². The number of aliphatic hydroxyl groups is 1. The number of hydrogen-bond donors (Lipinski definition) is 1. The molecule has 0 bridgehead atoms. The predicted molar refractivity (Wildman–Crippen MR) is 81.2 cm³/mol. The molecule has 1 aliphatic carbocycles. The van der Waals surface area contributed by atoms with Crippen molar-refractivity contribution >= 4 is 0 Å². The van der Waals surface area contributed by atoms with Crippen LogP contribution in [-0.2, 0) is 0 Å². The number of piperidine rings is 1. The van der Waals surface area contributed by atoms with Gasteiger partial charge in [0.15, 0.2) is 0 Å². The van der Waals surface area contributed by atoms with Gasteiger partial charge in [0.2, 0.25) is 0 Å². The van der Waals surface area contributed by atoms with Gasteiger partial charge in [-0.05, 0) is 58.0 Å². The molecule has 2 nitrogen and oxygen atoms in total. The van der Waals surface area contributed by atoms with Gasteiger partial charge < -0.3 is 5.11 Å². The first-order valence-corrected chi connectivity index (χ1v) is 8.50. The summed E-state index contributed by atoms with van der Waals surface area (Å²) in [6.45, 7) is 9.18. The van der Waals surface area contributed by atoms with Gasteiger partial charge in [-0.25, -0.2) is 0 Å². The maximum absolute atomic E-state index is 11.0. The molecule has 0 radical (unpaired) electrons. The van der Waals surface area contributed by atoms with Gasteiger partial charge in [-0.15, -0.1) is 0 Å². The highest BCUT2D eigenvalue weighted by molar-refractivity contribution is 4.96. The zero-order valence-corrected chi connectivity index (χ0v) is 13.2. The fourth-order valence-corrected chi connectivity index (χ4v) is 4.34. The zero-order chi connectivity index (χ0) is 13.9. The molecule has 19 heavy (non-hydrogen) atoms. The summed E-state index contributed by atoms with van der Waals surface area (Å²) in [6.07, 6.45) is 10.3. The molecule has 3 unspecified atom stereocenters. The van der Waals surface area contributed by atoms with Crippen LogP contribution in [0.1, 0.15) is 72.1 Å². The molecule has 1 aliphatic heterocycles. The summed E-state index contributed by atoms with van der Waals surface area (Å²) in [6, 6.07) is 0. The van der Waals surface area contributed by atoms with E-state index in [1.165, 1.54) is 64.5 Å². The molecule has 0 aromatic carbocycles. The Morgan fingerprint density at radius 1 is 1.05 bits per heavy atom. The highest BCUT2D eigenvalue weighted by atomic mass is 16.3. The second-order valence-electron chi connectivity index (χ2n) is 7.26. The Balaban J connectivity index is 2.04. The van der Waals surface area contributed by atoms with E-state index in [4.69, 9.17) is 0 Å². The van der Waals surface area contributed by atoms with Crippen molar-refractivity contribution in [2.75, 3.05) is 13.1 Å². The molecule has 0 spiro atoms. The summed E-state index contributed by atoms with van der Waals surface area (Å²) in [5.74, 6) is 1.27. The van der Waals surface area contributed by atoms with Crippen LogP contribution in [0.3, 0.4) is 0 Å². The topological polar surface area (TPSA) is 23.5 Å². The molecule has 2 aliphatic rings. The van der Waals surface area contributed by atoms with Crippen molar-refractivity contribution in [3.8, 4) is 0 Å². The Hall–Kier alpha value is -0.0800. The second-order valence-corrected chi connectivity index (χ2v) is 7.26. The SMILES string of the molecule is CCC1CCCCC1C(O)C(C)(C)N1CCCCC1. The minimum atomic E-state index is -0.157. The van der Waals surface area contributed by atoms with Gasteiger partial charge >= 0.3 is 0 Å². The molecule has 1 saturated heterocycles. The molecule has 0 aromatic rings. The molecule has 2 fully saturated rings. The highest BCUT2D eigenvalue weighted by Gasteiger charge is 2.42. The van der Waals surface area contributed by atoms with E-state index in [2.05, 4.69) is 25.7 Å². The second kappa shape index (κ2) is 6.58. The van der Waals surface area contributed by atoms with Gasteiger partial charge in [0, 0.05) is 5.54 Å². The molecule has 2 heteroatoms. The minimum Gasteiger partial charge on any atom is -0.391 e. The van der Waals surface area contributed by atoms with Crippen LogP contribution in [0, 0.1) is 11.8 Å². The number of aliphatic hydroxyl groups excluding tert-OH is 1. The Labute approximate surface area is 119 Å². The molecule has 3 atom stereocenters. The average molecular weight is 267 g/mol. The lowest BCUT2D eigenvalue weighted by atomic mass is 9.70. The van der Waals surface area contributed by atoms with Crippen LogP contribution < -0.4 is 0 Å². The summed E-state index contributed by atoms with van der Waals surface area (Å²) in [7, 11) is 0. The first kappa shape index (κ1) is 15.3. The predicted octanol–water partition coefficient (Wildman–Crippen LogP) is 3.83. The third kappa shape index (κ3) is 3.33. The Morgan fingerprint density at radius 3 is 2.32 bits per heavy atom. The third-order valence-electron chi connectivity index (χ3n) is 5.79. The summed E-state index contributed by atoms with van der Waals surface area (Å²) in [5.41, 5.74) is -0.0458. The number of likely N-dealkylation sites (tertiary alicyclic amines) is 1. The third-order valence-corrected chi connectivity index (χ3v) is 5.79. The number of nitrogens with zero attached hydrogens (tertiary/aromatic N) is 1. The van der Waals surface area contributed by atoms with E-state index in [0.717, 1.165) is 5.92 Å². The largest absolute Gasteiger partial charge is 0.391 e. The normalized spacial score (nSPS) is 32.2. The van der Waals surface area contributed by atoms with Crippen LogP contribution >= 0.6 is 0 Å². The Bertz CT molecular complexity index is 270. The van der Waals surface area contributed by atoms with Crippen LogP contribution in [0.4, 0.5) is 0 Å². The fraction of sp³-hybridized carbons (Fsp3) is 1.00. The quantitative estimate of drug-likeness (QED) is 0.837. The first-order valence-electron chi connectivity index (χ1n) is 8.50. The van der Waals surface area contributed by atoms with E-state index in [-0.39, 0.29) is 11.6 Å². The van der Waals surface area contributed by atoms with E-state index >= 15 is 0 Å². The maximum Gasteiger partial charge on any atom is 0.0749 e. The van der Waals surface area contributed by atoms with Crippen molar-refractivity contribution < 1.29 is 5.11 Å². The Morgan fingerprint density at radius 2 is 1.68 bits per heavy atom. The summed E-state index contributed by atoms with van der Waals surface area (Å²) in [4.78, 5) is 2.54. The van der Waals surface area contributed by atoms with Gasteiger partial charge in [0.25, 0.3) is 0 Å². The molecule has 1 saturated carbocycles. The van der Waals surface area contributed by atoms with Crippen molar-refractivity contribution in [1.29, 1.82) is 0 Å². The summed E-state index contributed by atoms with van der Waals surface area (Å²) >= 11 is 0. The van der Waals surface area contributed by atoms with Crippen molar-refractivity contribution in [1.82, 2.24) is 4.90 Å². The van der Waals surface area contributed by atoms with E-state index in [0.29, 0.717) is 5.92 Å². The minimum absolute atomic E-state index is 0.0458. The highest BCUT2D eigenvalue weighted by Crippen LogP contribution is 2.39. The van der Waals surface area contributed by atoms with Gasteiger partial charge in [-0.2, -0.15) is 0 Å². The van der Waals surface area contributed by atoms with Crippen molar-refractivity contribution in [2.45, 2.75) is 83.8 Å². The molecule has 1 heterocycles. The molecule has 2 rings (SSSR count). The lowest BCUT2D eigenvalue weighted by Crippen LogP contribution is -2.57. The maximum atomic E-state index is 11.0. The summed E-state index contributed by atoms with van der Waals surface area (Å²) < 4.78 is 0. The van der Waals surface area contributed by atoms with Crippen LogP contribution in [0.2, 0.25) is 0 Å². The smallest absolute Gasteiger partial charge is 0.0749 e. The molecule has 0 aromatic heterocycles. The fourth-order valence-electron chi connectivity index (χ4n) is 4.34. The van der Waals surface area contributed by atoms with E-state index in [1.807, 2.05) is 0 Å². The van der Waals surface area contributed by atoms with E-state index in [9.17, 15) is 5.11 Å². The van der Waals surface area contributed by atoms with Crippen LogP contribution in [0.5, 0.6) is 0 Å². The molecule has 1 N–H and O–H groups in total.